The number of fused-ring (bicyclic) bond motifs is 1. The number of ether oxygens (including phenoxy) is 5. The number of para-hydroxylation sites is 3. The van der Waals surface area contributed by atoms with E-state index in [0.29, 0.717) is 34.5 Å². The molecule has 0 fully saturated rings. The van der Waals surface area contributed by atoms with Crippen molar-refractivity contribution in [3.63, 3.8) is 0 Å². The lowest BCUT2D eigenvalue weighted by Gasteiger charge is -2.18. The maximum Gasteiger partial charge on any atom is 0.177 e. The standard InChI is InChI=1S/C34H32O7/c35-26(21-37-28-10-4-1-5-11-28)23-39-31-17-18-32-25(20-31)16-19-33(34(32)41-30-14-8-3-9-15-30)40-24-27(36)22-38-29-12-6-2-7-13-29/h1-20,26-27,35-36H,21-24H2. The Morgan fingerprint density at radius 2 is 0.951 bits per heavy atom. The van der Waals surface area contributed by atoms with Gasteiger partial charge in [-0.1, -0.05) is 60.7 Å². The fraction of sp³-hybridized carbons (Fsp3) is 0.176. The first kappa shape index (κ1) is 27.8. The molecule has 0 amide bonds. The van der Waals surface area contributed by atoms with Crippen LogP contribution in [0.3, 0.4) is 0 Å². The summed E-state index contributed by atoms with van der Waals surface area (Å²) in [5.74, 6) is 3.64. The summed E-state index contributed by atoms with van der Waals surface area (Å²) in [5, 5.41) is 22.5. The summed E-state index contributed by atoms with van der Waals surface area (Å²) in [6.45, 7) is 0.314. The van der Waals surface area contributed by atoms with E-state index in [9.17, 15) is 10.2 Å². The predicted molar refractivity (Wildman–Crippen MR) is 157 cm³/mol. The Hall–Kier alpha value is -4.72. The molecule has 210 valence electrons. The van der Waals surface area contributed by atoms with Crippen LogP contribution in [0.4, 0.5) is 0 Å². The van der Waals surface area contributed by atoms with E-state index in [0.717, 1.165) is 10.8 Å². The second-order valence-electron chi connectivity index (χ2n) is 9.37. The number of aliphatic hydroxyl groups excluding tert-OH is 2. The Balaban J connectivity index is 1.26. The highest BCUT2D eigenvalue weighted by Crippen LogP contribution is 2.40. The minimum absolute atomic E-state index is 0.0215. The number of hydrogen-bond acceptors (Lipinski definition) is 7. The molecular weight excluding hydrogens is 520 g/mol. The number of rotatable bonds is 14. The van der Waals surface area contributed by atoms with Gasteiger partial charge in [-0.25, -0.2) is 0 Å². The van der Waals surface area contributed by atoms with Gasteiger partial charge in [-0.3, -0.25) is 0 Å². The van der Waals surface area contributed by atoms with Crippen molar-refractivity contribution >= 4 is 10.8 Å². The van der Waals surface area contributed by atoms with Crippen molar-refractivity contribution in [1.29, 1.82) is 0 Å². The topological polar surface area (TPSA) is 86.6 Å². The van der Waals surface area contributed by atoms with Gasteiger partial charge in [0.05, 0.1) is 0 Å². The number of hydrogen-bond donors (Lipinski definition) is 2. The first-order valence-electron chi connectivity index (χ1n) is 13.4. The van der Waals surface area contributed by atoms with Crippen molar-refractivity contribution in [2.24, 2.45) is 0 Å². The summed E-state index contributed by atoms with van der Waals surface area (Å²) in [6, 6.07) is 37.4. The average Bonchev–Trinajstić information content (AvgIpc) is 3.02. The van der Waals surface area contributed by atoms with Crippen LogP contribution < -0.4 is 23.7 Å². The van der Waals surface area contributed by atoms with E-state index >= 15 is 0 Å². The molecule has 0 radical (unpaired) electrons. The molecule has 41 heavy (non-hydrogen) atoms. The summed E-state index contributed by atoms with van der Waals surface area (Å²) in [5.41, 5.74) is 0. The molecule has 2 atom stereocenters. The largest absolute Gasteiger partial charge is 0.491 e. The zero-order valence-electron chi connectivity index (χ0n) is 22.5. The number of aliphatic hydroxyl groups is 2. The molecule has 5 rings (SSSR count). The fourth-order valence-electron chi connectivity index (χ4n) is 4.07. The zero-order valence-corrected chi connectivity index (χ0v) is 22.5. The van der Waals surface area contributed by atoms with Crippen LogP contribution in [0.2, 0.25) is 0 Å². The van der Waals surface area contributed by atoms with Gasteiger partial charge in [-0.2, -0.15) is 0 Å². The molecule has 2 N–H and O–H groups in total. The lowest BCUT2D eigenvalue weighted by atomic mass is 10.1. The third-order valence-electron chi connectivity index (χ3n) is 6.11. The minimum atomic E-state index is -0.844. The maximum absolute atomic E-state index is 10.5. The molecule has 0 heterocycles. The van der Waals surface area contributed by atoms with Crippen LogP contribution in [0.15, 0.2) is 121 Å². The van der Waals surface area contributed by atoms with E-state index in [1.165, 1.54) is 0 Å². The summed E-state index contributed by atoms with van der Waals surface area (Å²) >= 11 is 0. The van der Waals surface area contributed by atoms with Gasteiger partial charge in [-0.05, 0) is 66.0 Å². The predicted octanol–water partition coefficient (Wildman–Crippen LogP) is 6.27. The molecule has 0 aliphatic heterocycles. The summed E-state index contributed by atoms with van der Waals surface area (Å²) < 4.78 is 29.4. The molecule has 2 unspecified atom stereocenters. The van der Waals surface area contributed by atoms with Gasteiger partial charge < -0.3 is 33.9 Å². The van der Waals surface area contributed by atoms with Crippen LogP contribution in [-0.2, 0) is 0 Å². The van der Waals surface area contributed by atoms with Gasteiger partial charge in [0.1, 0.15) is 61.6 Å². The molecule has 0 aromatic heterocycles. The van der Waals surface area contributed by atoms with Crippen LogP contribution in [0.5, 0.6) is 34.5 Å². The summed E-state index contributed by atoms with van der Waals surface area (Å²) in [7, 11) is 0. The van der Waals surface area contributed by atoms with E-state index < -0.39 is 12.2 Å². The third-order valence-corrected chi connectivity index (χ3v) is 6.11. The maximum atomic E-state index is 10.5. The number of benzene rings is 5. The van der Waals surface area contributed by atoms with E-state index in [4.69, 9.17) is 23.7 Å². The van der Waals surface area contributed by atoms with Crippen LogP contribution in [0.1, 0.15) is 0 Å². The molecule has 7 nitrogen and oxygen atoms in total. The van der Waals surface area contributed by atoms with Gasteiger partial charge >= 0.3 is 0 Å². The van der Waals surface area contributed by atoms with Gasteiger partial charge in [0, 0.05) is 5.39 Å². The smallest absolute Gasteiger partial charge is 0.177 e. The van der Waals surface area contributed by atoms with E-state index in [1.54, 1.807) is 6.07 Å². The molecule has 0 aliphatic carbocycles. The average molecular weight is 553 g/mol. The monoisotopic (exact) mass is 552 g/mol. The summed E-state index contributed by atoms with van der Waals surface area (Å²) in [4.78, 5) is 0. The Morgan fingerprint density at radius 3 is 1.51 bits per heavy atom. The van der Waals surface area contributed by atoms with E-state index in [1.807, 2.05) is 115 Å². The van der Waals surface area contributed by atoms with Gasteiger partial charge in [0.15, 0.2) is 11.5 Å². The third kappa shape index (κ3) is 8.14. The highest BCUT2D eigenvalue weighted by molar-refractivity contribution is 5.92. The molecule has 7 heteroatoms. The summed E-state index contributed by atoms with van der Waals surface area (Å²) in [6.07, 6.45) is -1.64. The fourth-order valence-corrected chi connectivity index (χ4v) is 4.07. The molecule has 0 spiro atoms. The van der Waals surface area contributed by atoms with Crippen molar-refractivity contribution in [3.8, 4) is 34.5 Å². The Kier molecular flexibility index (Phi) is 9.55. The molecule has 5 aromatic carbocycles. The van der Waals surface area contributed by atoms with Crippen molar-refractivity contribution < 1.29 is 33.9 Å². The van der Waals surface area contributed by atoms with Crippen LogP contribution >= 0.6 is 0 Å². The SMILES string of the molecule is OC(COc1ccccc1)COc1ccc2c(Oc3ccccc3)c(OCC(O)COc3ccccc3)ccc2c1. The van der Waals surface area contributed by atoms with Gasteiger partial charge in [0.25, 0.3) is 0 Å². The van der Waals surface area contributed by atoms with E-state index in [-0.39, 0.29) is 26.4 Å². The molecular formula is C34H32O7. The van der Waals surface area contributed by atoms with Crippen molar-refractivity contribution in [3.05, 3.63) is 121 Å². The quantitative estimate of drug-likeness (QED) is 0.168. The molecule has 0 bridgehead atoms. The molecule has 5 aromatic rings. The van der Waals surface area contributed by atoms with E-state index in [2.05, 4.69) is 0 Å². The molecule has 0 saturated heterocycles. The second kappa shape index (κ2) is 14.1. The van der Waals surface area contributed by atoms with Crippen LogP contribution in [-0.4, -0.2) is 48.8 Å². The van der Waals surface area contributed by atoms with Crippen LogP contribution in [0.25, 0.3) is 10.8 Å². The highest BCUT2D eigenvalue weighted by Gasteiger charge is 2.16. The normalized spacial score (nSPS) is 12.3. The van der Waals surface area contributed by atoms with Crippen LogP contribution in [0, 0.1) is 0 Å². The lowest BCUT2D eigenvalue weighted by molar-refractivity contribution is 0.0619. The molecule has 0 aliphatic rings. The minimum Gasteiger partial charge on any atom is -0.491 e. The van der Waals surface area contributed by atoms with Gasteiger partial charge in [-0.15, -0.1) is 0 Å². The van der Waals surface area contributed by atoms with Crippen molar-refractivity contribution in [2.45, 2.75) is 12.2 Å². The lowest BCUT2D eigenvalue weighted by Crippen LogP contribution is -2.25. The molecule has 0 saturated carbocycles. The van der Waals surface area contributed by atoms with Gasteiger partial charge in [0.2, 0.25) is 0 Å². The Morgan fingerprint density at radius 1 is 0.463 bits per heavy atom. The second-order valence-corrected chi connectivity index (χ2v) is 9.37. The zero-order chi connectivity index (χ0) is 28.3. The van der Waals surface area contributed by atoms with Crippen molar-refractivity contribution in [2.75, 3.05) is 26.4 Å². The first-order chi connectivity index (χ1) is 20.1. The Bertz CT molecular complexity index is 1490. The van der Waals surface area contributed by atoms with Crippen molar-refractivity contribution in [1.82, 2.24) is 0 Å². The highest BCUT2D eigenvalue weighted by atomic mass is 16.5. The first-order valence-corrected chi connectivity index (χ1v) is 13.4. The Labute approximate surface area is 239 Å².